The summed E-state index contributed by atoms with van der Waals surface area (Å²) in [5.41, 5.74) is 10.4. The van der Waals surface area contributed by atoms with Crippen LogP contribution in [0.1, 0.15) is 18.5 Å². The van der Waals surface area contributed by atoms with Crippen molar-refractivity contribution in [1.82, 2.24) is 29.5 Å². The van der Waals surface area contributed by atoms with Gasteiger partial charge in [-0.3, -0.25) is 0 Å². The molecule has 0 amide bonds. The Bertz CT molecular complexity index is 3860. The lowest BCUT2D eigenvalue weighted by atomic mass is 10.0. The smallest absolute Gasteiger partial charge is 0.164 e. The van der Waals surface area contributed by atoms with Crippen molar-refractivity contribution in [1.29, 1.82) is 0 Å². The Labute approximate surface area is 369 Å². The highest BCUT2D eigenvalue weighted by Gasteiger charge is 2.22. The molecule has 0 atom stereocenters. The highest BCUT2D eigenvalue weighted by molar-refractivity contribution is 7.26. The third-order valence-electron chi connectivity index (χ3n) is 12.1. The average molecular weight is 843 g/mol. The SMILES string of the molecule is C1=CC(c2nc(-c3cccc4sc5cc(-c6nc(-c7ccccc7)nc(-c7ccc8c9ccccc9n(-c9ccccc9)c8c7)n6)ccc5c34)nc3c2sc2ccccc23)=CCC1. The van der Waals surface area contributed by atoms with E-state index >= 15 is 0 Å². The molecule has 296 valence electrons. The second-order valence-corrected chi connectivity index (χ2v) is 18.0. The topological polar surface area (TPSA) is 69.4 Å². The van der Waals surface area contributed by atoms with Crippen LogP contribution < -0.4 is 0 Å². The molecule has 0 spiro atoms. The number of thiophene rings is 2. The number of hydrogen-bond donors (Lipinski definition) is 0. The van der Waals surface area contributed by atoms with Crippen LogP contribution in [0.25, 0.3) is 119 Å². The van der Waals surface area contributed by atoms with Crippen LogP contribution in [0.15, 0.2) is 182 Å². The predicted octanol–water partition coefficient (Wildman–Crippen LogP) is 14.9. The van der Waals surface area contributed by atoms with Gasteiger partial charge < -0.3 is 4.57 Å². The lowest BCUT2D eigenvalue weighted by Crippen LogP contribution is -2.00. The molecule has 0 saturated carbocycles. The highest BCUT2D eigenvalue weighted by atomic mass is 32.1. The Hall–Kier alpha value is -7.65. The zero-order valence-electron chi connectivity index (χ0n) is 33.7. The van der Waals surface area contributed by atoms with Crippen molar-refractivity contribution < 1.29 is 0 Å². The first-order chi connectivity index (χ1) is 31.2. The van der Waals surface area contributed by atoms with Crippen LogP contribution in [0, 0.1) is 0 Å². The minimum Gasteiger partial charge on any atom is -0.309 e. The molecule has 5 aromatic heterocycles. The maximum atomic E-state index is 5.38. The minimum absolute atomic E-state index is 0.622. The number of aromatic nitrogens is 6. The standard InChI is InChI=1S/C55H34N6S2/c1-4-15-33(16-5-1)49-51-50(41-22-11-13-25-45(41)63-51)57-55(56-49)42-23-14-26-46-48(42)40-30-28-36(32-47(40)62-46)54-59-52(34-17-6-2-7-18-34)58-53(60-54)35-27-29-39-38-21-10-12-24-43(38)61(44(39)31-35)37-19-8-3-9-20-37/h2-4,6-32H,1,5H2. The summed E-state index contributed by atoms with van der Waals surface area (Å²) >= 11 is 3.55. The van der Waals surface area contributed by atoms with Crippen LogP contribution in [-0.4, -0.2) is 29.5 Å². The summed E-state index contributed by atoms with van der Waals surface area (Å²) in [5.74, 6) is 2.62. The van der Waals surface area contributed by atoms with E-state index in [9.17, 15) is 0 Å². The Balaban J connectivity index is 0.975. The van der Waals surface area contributed by atoms with Crippen molar-refractivity contribution >= 4 is 90.5 Å². The van der Waals surface area contributed by atoms with Gasteiger partial charge in [0.15, 0.2) is 23.3 Å². The van der Waals surface area contributed by atoms with Gasteiger partial charge >= 0.3 is 0 Å². The summed E-state index contributed by atoms with van der Waals surface area (Å²) in [7, 11) is 0. The van der Waals surface area contributed by atoms with Gasteiger partial charge in [0.05, 0.1) is 26.9 Å². The fraction of sp³-hybridized carbons (Fsp3) is 0.0364. The summed E-state index contributed by atoms with van der Waals surface area (Å²) in [4.78, 5) is 26.2. The first-order valence-corrected chi connectivity index (χ1v) is 22.8. The van der Waals surface area contributed by atoms with Gasteiger partial charge in [0.2, 0.25) is 0 Å². The molecule has 1 aliphatic rings. The van der Waals surface area contributed by atoms with E-state index in [4.69, 9.17) is 24.9 Å². The van der Waals surface area contributed by atoms with Crippen LogP contribution in [0.2, 0.25) is 0 Å². The molecule has 13 rings (SSSR count). The number of nitrogens with zero attached hydrogens (tertiary/aromatic N) is 6. The molecule has 5 heterocycles. The fourth-order valence-corrected chi connectivity index (χ4v) is 11.5. The predicted molar refractivity (Wildman–Crippen MR) is 264 cm³/mol. The Kier molecular flexibility index (Phi) is 8.29. The number of hydrogen-bond acceptors (Lipinski definition) is 7. The molecule has 63 heavy (non-hydrogen) atoms. The molecule has 0 fully saturated rings. The number of fused-ring (bicyclic) bond motifs is 9. The minimum atomic E-state index is 0.622. The average Bonchev–Trinajstić information content (AvgIpc) is 4.03. The molecule has 0 bridgehead atoms. The lowest BCUT2D eigenvalue weighted by molar-refractivity contribution is 1.04. The molecule has 0 radical (unpaired) electrons. The number of rotatable bonds is 6. The molecule has 1 aliphatic carbocycles. The van der Waals surface area contributed by atoms with Crippen LogP contribution in [0.3, 0.4) is 0 Å². The van der Waals surface area contributed by atoms with Gasteiger partial charge in [0, 0.05) is 69.0 Å². The van der Waals surface area contributed by atoms with Gasteiger partial charge in [0.1, 0.15) is 0 Å². The summed E-state index contributed by atoms with van der Waals surface area (Å²) in [6.45, 7) is 0. The summed E-state index contributed by atoms with van der Waals surface area (Å²) in [6, 6.07) is 57.5. The molecular weight excluding hydrogens is 809 g/mol. The Morgan fingerprint density at radius 1 is 0.444 bits per heavy atom. The molecule has 0 unspecified atom stereocenters. The van der Waals surface area contributed by atoms with Gasteiger partial charge in [-0.2, -0.15) is 0 Å². The number of allylic oxidation sites excluding steroid dienone is 4. The third-order valence-corrected chi connectivity index (χ3v) is 14.4. The first-order valence-electron chi connectivity index (χ1n) is 21.1. The van der Waals surface area contributed by atoms with Crippen molar-refractivity contribution in [2.24, 2.45) is 0 Å². The van der Waals surface area contributed by atoms with Crippen LogP contribution in [0.4, 0.5) is 0 Å². The van der Waals surface area contributed by atoms with E-state index in [1.807, 2.05) is 18.2 Å². The molecule has 8 heteroatoms. The van der Waals surface area contributed by atoms with E-state index in [0.717, 1.165) is 89.0 Å². The number of para-hydroxylation sites is 2. The van der Waals surface area contributed by atoms with Crippen LogP contribution >= 0.6 is 22.7 Å². The van der Waals surface area contributed by atoms with Crippen LogP contribution in [0.5, 0.6) is 0 Å². The molecule has 0 saturated heterocycles. The van der Waals surface area contributed by atoms with Crippen LogP contribution in [-0.2, 0) is 0 Å². The maximum Gasteiger partial charge on any atom is 0.164 e. The van der Waals surface area contributed by atoms with E-state index in [1.165, 1.54) is 31.1 Å². The molecule has 0 aliphatic heterocycles. The zero-order chi connectivity index (χ0) is 41.4. The summed E-state index contributed by atoms with van der Waals surface area (Å²) in [5, 5.41) is 5.86. The van der Waals surface area contributed by atoms with E-state index in [0.29, 0.717) is 17.5 Å². The third kappa shape index (κ3) is 5.94. The van der Waals surface area contributed by atoms with Crippen molar-refractivity contribution in [2.45, 2.75) is 12.8 Å². The van der Waals surface area contributed by atoms with Crippen molar-refractivity contribution in [3.8, 4) is 51.2 Å². The van der Waals surface area contributed by atoms with E-state index < -0.39 is 0 Å². The zero-order valence-corrected chi connectivity index (χ0v) is 35.4. The van der Waals surface area contributed by atoms with Gasteiger partial charge in [-0.1, -0.05) is 140 Å². The molecule has 0 N–H and O–H groups in total. The Morgan fingerprint density at radius 3 is 1.94 bits per heavy atom. The fourth-order valence-electron chi connectivity index (χ4n) is 9.16. The quantitative estimate of drug-likeness (QED) is 0.167. The molecule has 7 aromatic carbocycles. The second kappa shape index (κ2) is 14.5. The normalized spacial score (nSPS) is 13.0. The lowest BCUT2D eigenvalue weighted by Gasteiger charge is -2.11. The number of benzene rings is 7. The van der Waals surface area contributed by atoms with Gasteiger partial charge in [-0.15, -0.1) is 22.7 Å². The highest BCUT2D eigenvalue weighted by Crippen LogP contribution is 2.44. The maximum absolute atomic E-state index is 5.38. The van der Waals surface area contributed by atoms with E-state index in [1.54, 1.807) is 22.7 Å². The van der Waals surface area contributed by atoms with E-state index in [2.05, 4.69) is 168 Å². The van der Waals surface area contributed by atoms with Gasteiger partial charge in [0.25, 0.3) is 0 Å². The van der Waals surface area contributed by atoms with Gasteiger partial charge in [-0.25, -0.2) is 24.9 Å². The Morgan fingerprint density at radius 2 is 1.13 bits per heavy atom. The summed E-state index contributed by atoms with van der Waals surface area (Å²) < 4.78 is 7.01. The van der Waals surface area contributed by atoms with Crippen molar-refractivity contribution in [3.63, 3.8) is 0 Å². The molecular formula is C55H34N6S2. The summed E-state index contributed by atoms with van der Waals surface area (Å²) in [6.07, 6.45) is 8.85. The van der Waals surface area contributed by atoms with Gasteiger partial charge in [-0.05, 0) is 60.9 Å². The monoisotopic (exact) mass is 842 g/mol. The van der Waals surface area contributed by atoms with Crippen molar-refractivity contribution in [3.05, 3.63) is 188 Å². The first kappa shape index (κ1) is 36.0. The molecule has 6 nitrogen and oxygen atoms in total. The van der Waals surface area contributed by atoms with E-state index in [-0.39, 0.29) is 0 Å². The molecule has 12 aromatic rings. The second-order valence-electron chi connectivity index (χ2n) is 15.9. The van der Waals surface area contributed by atoms with Crippen molar-refractivity contribution in [2.75, 3.05) is 0 Å². The largest absolute Gasteiger partial charge is 0.309 e.